The average molecular weight is 383 g/mol. The van der Waals surface area contributed by atoms with Crippen molar-refractivity contribution in [3.63, 3.8) is 0 Å². The summed E-state index contributed by atoms with van der Waals surface area (Å²) in [6.45, 7) is 7.83. The number of benzene rings is 2. The molecule has 1 amide bonds. The van der Waals surface area contributed by atoms with E-state index in [-0.39, 0.29) is 5.91 Å². The van der Waals surface area contributed by atoms with Crippen LogP contribution in [-0.4, -0.2) is 10.9 Å². The van der Waals surface area contributed by atoms with Crippen molar-refractivity contribution in [3.05, 3.63) is 70.2 Å². The molecule has 3 aromatic rings. The number of rotatable bonds is 5. The van der Waals surface area contributed by atoms with E-state index in [0.717, 1.165) is 22.3 Å². The van der Waals surface area contributed by atoms with E-state index in [2.05, 4.69) is 45.0 Å². The van der Waals surface area contributed by atoms with Crippen LogP contribution in [0.25, 0.3) is 0 Å². The van der Waals surface area contributed by atoms with Crippen LogP contribution < -0.4 is 4.90 Å². The molecule has 3 rings (SSSR count). The Balaban J connectivity index is 1.80. The molecule has 1 heterocycles. The highest BCUT2D eigenvalue weighted by Crippen LogP contribution is 2.32. The molecule has 3 nitrogen and oxygen atoms in total. The van der Waals surface area contributed by atoms with Crippen LogP contribution in [0.4, 0.5) is 10.8 Å². The lowest BCUT2D eigenvalue weighted by atomic mass is 10.1. The molecule has 0 unspecified atom stereocenters. The molecule has 134 valence electrons. The molecule has 0 spiro atoms. The molecule has 0 radical (unpaired) electrons. The fourth-order valence-corrected chi connectivity index (χ4v) is 4.54. The number of aromatic nitrogens is 1. The van der Waals surface area contributed by atoms with Crippen molar-refractivity contribution in [2.75, 3.05) is 4.90 Å². The highest BCUT2D eigenvalue weighted by molar-refractivity contribution is 7.98. The summed E-state index contributed by atoms with van der Waals surface area (Å²) < 4.78 is 0. The van der Waals surface area contributed by atoms with Gasteiger partial charge < -0.3 is 0 Å². The van der Waals surface area contributed by atoms with Gasteiger partial charge in [0, 0.05) is 23.0 Å². The number of carbonyl (C=O) groups is 1. The molecule has 0 saturated heterocycles. The van der Waals surface area contributed by atoms with Crippen LogP contribution in [0.2, 0.25) is 0 Å². The number of hydrogen-bond acceptors (Lipinski definition) is 4. The number of nitrogens with zero attached hydrogens (tertiary/aromatic N) is 2. The third-order valence-electron chi connectivity index (χ3n) is 4.26. The monoisotopic (exact) mass is 382 g/mol. The van der Waals surface area contributed by atoms with Gasteiger partial charge in [-0.2, -0.15) is 0 Å². The Bertz CT molecular complexity index is 933. The molecule has 0 aliphatic heterocycles. The minimum absolute atomic E-state index is 0.0271. The van der Waals surface area contributed by atoms with E-state index < -0.39 is 0 Å². The number of thioether (sulfide) groups is 1. The van der Waals surface area contributed by atoms with Gasteiger partial charge in [-0.15, -0.1) is 23.1 Å². The summed E-state index contributed by atoms with van der Waals surface area (Å²) >= 11 is 3.29. The Morgan fingerprint density at radius 2 is 1.85 bits per heavy atom. The highest BCUT2D eigenvalue weighted by Gasteiger charge is 2.18. The van der Waals surface area contributed by atoms with Crippen molar-refractivity contribution in [3.8, 4) is 0 Å². The molecule has 0 N–H and O–H groups in total. The lowest BCUT2D eigenvalue weighted by Gasteiger charge is -2.19. The summed E-state index contributed by atoms with van der Waals surface area (Å²) in [7, 11) is 0. The topological polar surface area (TPSA) is 33.2 Å². The first-order valence-electron chi connectivity index (χ1n) is 8.46. The Hall–Kier alpha value is -2.11. The molecule has 0 atom stereocenters. The second-order valence-corrected chi connectivity index (χ2v) is 8.15. The largest absolute Gasteiger partial charge is 0.274 e. The fourth-order valence-electron chi connectivity index (χ4n) is 2.63. The summed E-state index contributed by atoms with van der Waals surface area (Å²) in [6.07, 6.45) is 0. The summed E-state index contributed by atoms with van der Waals surface area (Å²) in [4.78, 5) is 19.9. The number of hydrogen-bond donors (Lipinski definition) is 0. The number of anilines is 2. The van der Waals surface area contributed by atoms with Crippen LogP contribution in [0.1, 0.15) is 29.3 Å². The third kappa shape index (κ3) is 4.17. The third-order valence-corrected chi connectivity index (χ3v) is 6.35. The SMILES string of the molecule is CC(=O)N(c1ccc(C)c(C)c1)c1nc(CSc2ccccc2C)cs1. The highest BCUT2D eigenvalue weighted by atomic mass is 32.2. The predicted octanol–water partition coefficient (Wildman–Crippen LogP) is 6.05. The van der Waals surface area contributed by atoms with Crippen molar-refractivity contribution >= 4 is 39.8 Å². The van der Waals surface area contributed by atoms with Gasteiger partial charge in [-0.05, 0) is 55.7 Å². The van der Waals surface area contributed by atoms with Crippen molar-refractivity contribution in [2.45, 2.75) is 38.3 Å². The van der Waals surface area contributed by atoms with Crippen LogP contribution >= 0.6 is 23.1 Å². The van der Waals surface area contributed by atoms with Crippen LogP contribution in [-0.2, 0) is 10.5 Å². The molecule has 0 aliphatic rings. The number of thiazole rings is 1. The van der Waals surface area contributed by atoms with Gasteiger partial charge in [0.1, 0.15) is 0 Å². The second-order valence-electron chi connectivity index (χ2n) is 6.30. The molecular formula is C21H22N2OS2. The first-order valence-corrected chi connectivity index (χ1v) is 10.3. The maximum atomic E-state index is 12.3. The van der Waals surface area contributed by atoms with E-state index in [4.69, 9.17) is 4.98 Å². The standard InChI is InChI=1S/C21H22N2OS2/c1-14-9-10-19(11-16(14)3)23(17(4)24)21-22-18(13-26-21)12-25-20-8-6-5-7-15(20)2/h5-11,13H,12H2,1-4H3. The fraction of sp³-hybridized carbons (Fsp3) is 0.238. The maximum absolute atomic E-state index is 12.3. The second kappa shape index (κ2) is 8.06. The van der Waals surface area contributed by atoms with Crippen LogP contribution in [0.3, 0.4) is 0 Å². The molecule has 2 aromatic carbocycles. The Morgan fingerprint density at radius 1 is 1.08 bits per heavy atom. The summed E-state index contributed by atoms with van der Waals surface area (Å²) in [5.74, 6) is 0.765. The zero-order valence-corrected chi connectivity index (χ0v) is 17.1. The first-order chi connectivity index (χ1) is 12.5. The van der Waals surface area contributed by atoms with E-state index >= 15 is 0 Å². The first kappa shape index (κ1) is 18.7. The smallest absolute Gasteiger partial charge is 0.230 e. The van der Waals surface area contributed by atoms with Crippen molar-refractivity contribution in [1.82, 2.24) is 4.98 Å². The van der Waals surface area contributed by atoms with E-state index in [9.17, 15) is 4.79 Å². The molecule has 0 fully saturated rings. The Labute approximate surface area is 163 Å². The lowest BCUT2D eigenvalue weighted by Crippen LogP contribution is -2.22. The summed E-state index contributed by atoms with van der Waals surface area (Å²) in [5.41, 5.74) is 5.52. The van der Waals surface area contributed by atoms with Gasteiger partial charge >= 0.3 is 0 Å². The summed E-state index contributed by atoms with van der Waals surface area (Å²) in [6, 6.07) is 14.4. The van der Waals surface area contributed by atoms with Gasteiger partial charge in [0.25, 0.3) is 0 Å². The molecule has 0 bridgehead atoms. The minimum Gasteiger partial charge on any atom is -0.274 e. The van der Waals surface area contributed by atoms with Crippen LogP contribution in [0, 0.1) is 20.8 Å². The van der Waals surface area contributed by atoms with Gasteiger partial charge in [-0.1, -0.05) is 24.3 Å². The minimum atomic E-state index is -0.0271. The zero-order chi connectivity index (χ0) is 18.7. The van der Waals surface area contributed by atoms with Gasteiger partial charge in [0.15, 0.2) is 5.13 Å². The van der Waals surface area contributed by atoms with E-state index in [1.807, 2.05) is 23.6 Å². The number of aryl methyl sites for hydroxylation is 3. The zero-order valence-electron chi connectivity index (χ0n) is 15.4. The Morgan fingerprint density at radius 3 is 2.54 bits per heavy atom. The van der Waals surface area contributed by atoms with Crippen molar-refractivity contribution in [1.29, 1.82) is 0 Å². The predicted molar refractivity (Wildman–Crippen MR) is 112 cm³/mol. The quantitative estimate of drug-likeness (QED) is 0.504. The molecular weight excluding hydrogens is 360 g/mol. The molecule has 5 heteroatoms. The molecule has 0 saturated carbocycles. The Kier molecular flexibility index (Phi) is 5.79. The van der Waals surface area contributed by atoms with Gasteiger partial charge in [-0.3, -0.25) is 9.69 Å². The maximum Gasteiger partial charge on any atom is 0.230 e. The number of carbonyl (C=O) groups excluding carboxylic acids is 1. The van der Waals surface area contributed by atoms with Gasteiger partial charge in [0.05, 0.1) is 11.4 Å². The van der Waals surface area contributed by atoms with Crippen LogP contribution in [0.15, 0.2) is 52.7 Å². The normalized spacial score (nSPS) is 10.8. The summed E-state index contributed by atoms with van der Waals surface area (Å²) in [5, 5.41) is 2.76. The lowest BCUT2D eigenvalue weighted by molar-refractivity contribution is -0.115. The van der Waals surface area contributed by atoms with Gasteiger partial charge in [-0.25, -0.2) is 4.98 Å². The van der Waals surface area contributed by atoms with Crippen LogP contribution in [0.5, 0.6) is 0 Å². The van der Waals surface area contributed by atoms with Gasteiger partial charge in [0.2, 0.25) is 5.91 Å². The average Bonchev–Trinajstić information content (AvgIpc) is 3.05. The van der Waals surface area contributed by atoms with Crippen molar-refractivity contribution < 1.29 is 4.79 Å². The van der Waals surface area contributed by atoms with E-state index in [0.29, 0.717) is 0 Å². The van der Waals surface area contributed by atoms with E-state index in [1.165, 1.54) is 32.9 Å². The molecule has 0 aliphatic carbocycles. The van der Waals surface area contributed by atoms with Crippen molar-refractivity contribution in [2.24, 2.45) is 0 Å². The molecule has 1 aromatic heterocycles. The molecule has 26 heavy (non-hydrogen) atoms. The van der Waals surface area contributed by atoms with E-state index in [1.54, 1.807) is 23.6 Å². The number of amides is 1.